The first-order valence-electron chi connectivity index (χ1n) is 3.00. The average Bonchev–Trinajstić information content (AvgIpc) is 2.34. The molecule has 0 aliphatic rings. The van der Waals surface area contributed by atoms with Crippen molar-refractivity contribution in [3.63, 3.8) is 0 Å². The van der Waals surface area contributed by atoms with Crippen LogP contribution >= 0.6 is 11.6 Å². The van der Waals surface area contributed by atoms with E-state index in [-0.39, 0.29) is 0 Å². The Hall–Kier alpha value is -0.950. The number of fused-ring (bicyclic) bond motifs is 1. The molecule has 1 aromatic heterocycles. The van der Waals surface area contributed by atoms with Crippen LogP contribution in [0.25, 0.3) is 10.9 Å². The van der Waals surface area contributed by atoms with Gasteiger partial charge in [-0.25, -0.2) is 0 Å². The van der Waals surface area contributed by atoms with Gasteiger partial charge in [0.2, 0.25) is 0 Å². The van der Waals surface area contributed by atoms with Crippen molar-refractivity contribution in [2.45, 2.75) is 0 Å². The minimum atomic E-state index is 0.756. The zero-order chi connectivity index (χ0) is 6.97. The van der Waals surface area contributed by atoms with Gasteiger partial charge in [-0.1, -0.05) is 17.7 Å². The summed E-state index contributed by atoms with van der Waals surface area (Å²) >= 11 is 5.82. The second-order valence-corrected chi connectivity index (χ2v) is 2.52. The van der Waals surface area contributed by atoms with Crippen LogP contribution in [0.4, 0.5) is 0 Å². The number of hydrogen-bond acceptors (Lipinski definition) is 0. The first-order valence-corrected chi connectivity index (χ1v) is 3.38. The summed E-state index contributed by atoms with van der Waals surface area (Å²) in [6, 6.07) is 8.63. The fourth-order valence-electron chi connectivity index (χ4n) is 0.973. The van der Waals surface area contributed by atoms with Gasteiger partial charge in [-0.15, -0.1) is 0 Å². The molecule has 1 aromatic carbocycles. The van der Waals surface area contributed by atoms with E-state index in [0.29, 0.717) is 0 Å². The number of aromatic amines is 1. The van der Waals surface area contributed by atoms with Crippen LogP contribution in [-0.2, 0) is 0 Å². The zero-order valence-electron chi connectivity index (χ0n) is 5.19. The Bertz CT molecular complexity index is 351. The van der Waals surface area contributed by atoms with Crippen molar-refractivity contribution in [2.75, 3.05) is 0 Å². The molecule has 0 unspecified atom stereocenters. The summed E-state index contributed by atoms with van der Waals surface area (Å²) in [5.74, 6) is 0. The smallest absolute Gasteiger partial charge is 0.0659 e. The van der Waals surface area contributed by atoms with Gasteiger partial charge in [-0.2, -0.15) is 0 Å². The van der Waals surface area contributed by atoms with Crippen molar-refractivity contribution in [3.05, 3.63) is 35.5 Å². The van der Waals surface area contributed by atoms with Gasteiger partial charge in [0, 0.05) is 17.1 Å². The number of H-pyrrole nitrogens is 1. The van der Waals surface area contributed by atoms with Crippen LogP contribution in [0.15, 0.2) is 24.4 Å². The van der Waals surface area contributed by atoms with Crippen molar-refractivity contribution in [3.8, 4) is 0 Å². The number of hydrogen-bond donors (Lipinski definition) is 1. The van der Waals surface area contributed by atoms with Crippen LogP contribution < -0.4 is 0 Å². The molecule has 0 spiro atoms. The number of rotatable bonds is 0. The summed E-state index contributed by atoms with van der Waals surface area (Å²) in [7, 11) is 0. The predicted octanol–water partition coefficient (Wildman–Crippen LogP) is 2.62. The first kappa shape index (κ1) is 5.81. The lowest BCUT2D eigenvalue weighted by Gasteiger charge is -1.85. The maximum atomic E-state index is 5.82. The molecule has 0 amide bonds. The van der Waals surface area contributed by atoms with E-state index in [1.807, 2.05) is 18.2 Å². The van der Waals surface area contributed by atoms with E-state index in [2.05, 4.69) is 11.1 Å². The van der Waals surface area contributed by atoms with Gasteiger partial charge < -0.3 is 4.98 Å². The number of aromatic nitrogens is 1. The topological polar surface area (TPSA) is 15.8 Å². The lowest BCUT2D eigenvalue weighted by atomic mass is 10.3. The SMILES string of the molecule is Clc1c[nH]c2cc[c]cc12. The van der Waals surface area contributed by atoms with Gasteiger partial charge in [0.05, 0.1) is 5.02 Å². The summed E-state index contributed by atoms with van der Waals surface area (Å²) < 4.78 is 0. The van der Waals surface area contributed by atoms with Gasteiger partial charge in [0.1, 0.15) is 0 Å². The molecule has 1 N–H and O–H groups in total. The Balaban J connectivity index is 2.93. The van der Waals surface area contributed by atoms with Gasteiger partial charge in [-0.3, -0.25) is 0 Å². The quantitative estimate of drug-likeness (QED) is 0.594. The van der Waals surface area contributed by atoms with Gasteiger partial charge in [0.15, 0.2) is 0 Å². The van der Waals surface area contributed by atoms with Crippen LogP contribution in [0.2, 0.25) is 5.02 Å². The van der Waals surface area contributed by atoms with E-state index in [4.69, 9.17) is 11.6 Å². The molecular formula is C8H5ClN. The molecule has 2 heteroatoms. The van der Waals surface area contributed by atoms with E-state index in [0.717, 1.165) is 15.9 Å². The van der Waals surface area contributed by atoms with Crippen molar-refractivity contribution in [1.29, 1.82) is 0 Å². The second kappa shape index (κ2) is 2.03. The molecular weight excluding hydrogens is 146 g/mol. The summed E-state index contributed by atoms with van der Waals surface area (Å²) in [4.78, 5) is 3.04. The minimum absolute atomic E-state index is 0.756. The molecule has 10 heavy (non-hydrogen) atoms. The third-order valence-electron chi connectivity index (χ3n) is 1.48. The van der Waals surface area contributed by atoms with Crippen LogP contribution in [0.5, 0.6) is 0 Å². The molecule has 0 fully saturated rings. The average molecular weight is 151 g/mol. The molecule has 2 aromatic rings. The normalized spacial score (nSPS) is 10.5. The van der Waals surface area contributed by atoms with Crippen molar-refractivity contribution < 1.29 is 0 Å². The molecule has 0 atom stereocenters. The van der Waals surface area contributed by atoms with Crippen LogP contribution in [0, 0.1) is 6.07 Å². The van der Waals surface area contributed by atoms with Crippen LogP contribution in [0.1, 0.15) is 0 Å². The maximum absolute atomic E-state index is 5.82. The molecule has 1 radical (unpaired) electrons. The van der Waals surface area contributed by atoms with E-state index >= 15 is 0 Å². The fraction of sp³-hybridized carbons (Fsp3) is 0. The number of benzene rings is 1. The molecule has 0 aliphatic heterocycles. The molecule has 1 heterocycles. The Morgan fingerprint density at radius 2 is 2.40 bits per heavy atom. The number of halogens is 1. The van der Waals surface area contributed by atoms with E-state index in [9.17, 15) is 0 Å². The lowest BCUT2D eigenvalue weighted by Crippen LogP contribution is -1.63. The van der Waals surface area contributed by atoms with Crippen molar-refractivity contribution >= 4 is 22.5 Å². The molecule has 0 bridgehead atoms. The molecule has 2 rings (SSSR count). The Kier molecular flexibility index (Phi) is 1.18. The second-order valence-electron chi connectivity index (χ2n) is 2.11. The fourth-order valence-corrected chi connectivity index (χ4v) is 1.18. The first-order chi connectivity index (χ1) is 4.88. The van der Waals surface area contributed by atoms with Crippen molar-refractivity contribution in [1.82, 2.24) is 4.98 Å². The van der Waals surface area contributed by atoms with Crippen molar-refractivity contribution in [2.24, 2.45) is 0 Å². The Morgan fingerprint density at radius 1 is 1.50 bits per heavy atom. The summed E-state index contributed by atoms with van der Waals surface area (Å²) in [5.41, 5.74) is 1.06. The van der Waals surface area contributed by atoms with Crippen LogP contribution in [0.3, 0.4) is 0 Å². The third kappa shape index (κ3) is 0.711. The lowest BCUT2D eigenvalue weighted by molar-refractivity contribution is 1.48. The molecule has 49 valence electrons. The highest BCUT2D eigenvalue weighted by molar-refractivity contribution is 6.35. The monoisotopic (exact) mass is 150 g/mol. The highest BCUT2D eigenvalue weighted by Crippen LogP contribution is 2.21. The van der Waals surface area contributed by atoms with E-state index in [1.165, 1.54) is 0 Å². The highest BCUT2D eigenvalue weighted by atomic mass is 35.5. The highest BCUT2D eigenvalue weighted by Gasteiger charge is 1.96. The Morgan fingerprint density at radius 3 is 3.20 bits per heavy atom. The van der Waals surface area contributed by atoms with Gasteiger partial charge >= 0.3 is 0 Å². The third-order valence-corrected chi connectivity index (χ3v) is 1.79. The zero-order valence-corrected chi connectivity index (χ0v) is 5.94. The standard InChI is InChI=1S/C8H5ClN/c9-7-5-10-8-4-2-1-3-6(7)8/h2-5,10H. The minimum Gasteiger partial charge on any atom is -0.360 e. The number of nitrogens with one attached hydrogen (secondary N) is 1. The summed E-state index contributed by atoms with van der Waals surface area (Å²) in [5, 5.41) is 1.79. The van der Waals surface area contributed by atoms with Gasteiger partial charge in [0.25, 0.3) is 0 Å². The summed E-state index contributed by atoms with van der Waals surface area (Å²) in [6.45, 7) is 0. The molecule has 0 aliphatic carbocycles. The van der Waals surface area contributed by atoms with Crippen LogP contribution in [-0.4, -0.2) is 4.98 Å². The van der Waals surface area contributed by atoms with E-state index < -0.39 is 0 Å². The maximum Gasteiger partial charge on any atom is 0.0659 e. The molecule has 0 saturated carbocycles. The predicted molar refractivity (Wildman–Crippen MR) is 42.1 cm³/mol. The largest absolute Gasteiger partial charge is 0.360 e. The van der Waals surface area contributed by atoms with Gasteiger partial charge in [-0.05, 0) is 18.2 Å². The molecule has 1 nitrogen and oxygen atoms in total. The van der Waals surface area contributed by atoms with E-state index in [1.54, 1.807) is 6.20 Å². The Labute approximate surface area is 63.6 Å². The molecule has 0 saturated heterocycles. The summed E-state index contributed by atoms with van der Waals surface area (Å²) in [6.07, 6.45) is 1.78.